The molecular weight excluding hydrogens is 314 g/mol. The summed E-state index contributed by atoms with van der Waals surface area (Å²) >= 11 is 0. The van der Waals surface area contributed by atoms with Gasteiger partial charge in [-0.25, -0.2) is 0 Å². The topological polar surface area (TPSA) is 3.88 Å². The minimum atomic E-state index is 1.00. The Bertz CT molecular complexity index is 1040. The average Bonchev–Trinajstić information content (AvgIpc) is 2.70. The number of benzene rings is 3. The van der Waals surface area contributed by atoms with Crippen molar-refractivity contribution in [2.24, 2.45) is 0 Å². The molecule has 0 aliphatic heterocycles. The van der Waals surface area contributed by atoms with Crippen LogP contribution in [0.5, 0.6) is 0 Å². The molecule has 1 heteroatoms. The average molecular weight is 333 g/mol. The van der Waals surface area contributed by atoms with Gasteiger partial charge in [0.1, 0.15) is 18.4 Å². The normalized spacial score (nSPS) is 12.4. The molecule has 0 atom stereocenters. The Labute approximate surface area is 154 Å². The quantitative estimate of drug-likeness (QED) is 0.354. The molecule has 0 radical (unpaired) electrons. The summed E-state index contributed by atoms with van der Waals surface area (Å²) in [6.45, 7) is 0. The summed E-state index contributed by atoms with van der Waals surface area (Å²) in [5.74, 6) is 0. The standard InChI is InChI=1S/C25H19N/c1-4-10-19(11-5-1)21-16-22-18-24(26-14-8-3-9-15-26)25(22)23(17-21)20-12-6-2-7-13-20/h1-17H,18H2. The molecule has 0 bridgehead atoms. The van der Waals surface area contributed by atoms with Crippen LogP contribution in [0.15, 0.2) is 103 Å². The molecule has 3 aromatic carbocycles. The molecule has 124 valence electrons. The smallest absolute Gasteiger partial charge is 0.115 e. The lowest BCUT2D eigenvalue weighted by atomic mass is 9.76. The molecule has 0 spiro atoms. The molecule has 26 heavy (non-hydrogen) atoms. The fourth-order valence-corrected chi connectivity index (χ4v) is 3.79. The summed E-state index contributed by atoms with van der Waals surface area (Å²) in [6, 6.07) is 33.7. The summed E-state index contributed by atoms with van der Waals surface area (Å²) in [4.78, 5) is 0. The van der Waals surface area contributed by atoms with Gasteiger partial charge in [-0.2, -0.15) is 0 Å². The van der Waals surface area contributed by atoms with E-state index in [-0.39, 0.29) is 0 Å². The van der Waals surface area contributed by atoms with Crippen molar-refractivity contribution in [1.82, 2.24) is 0 Å². The van der Waals surface area contributed by atoms with Crippen LogP contribution in [0.4, 0.5) is 0 Å². The van der Waals surface area contributed by atoms with Crippen LogP contribution in [0.3, 0.4) is 0 Å². The molecule has 1 nitrogen and oxygen atoms in total. The summed E-state index contributed by atoms with van der Waals surface area (Å²) in [5, 5.41) is 0. The number of fused-ring (bicyclic) bond motifs is 1. The Hall–Kier alpha value is -3.32. The van der Waals surface area contributed by atoms with Crippen LogP contribution < -0.4 is 4.57 Å². The second-order valence-corrected chi connectivity index (χ2v) is 6.70. The predicted molar refractivity (Wildman–Crippen MR) is 105 cm³/mol. The molecule has 0 saturated carbocycles. The summed E-state index contributed by atoms with van der Waals surface area (Å²) in [6.07, 6.45) is 5.28. The number of aromatic nitrogens is 1. The van der Waals surface area contributed by atoms with Gasteiger partial charge in [0.15, 0.2) is 0 Å². The van der Waals surface area contributed by atoms with Crippen molar-refractivity contribution in [3.05, 3.63) is 121 Å². The van der Waals surface area contributed by atoms with Crippen LogP contribution in [0, 0.1) is 6.04 Å². The van der Waals surface area contributed by atoms with Gasteiger partial charge < -0.3 is 0 Å². The van der Waals surface area contributed by atoms with Crippen molar-refractivity contribution >= 4 is 0 Å². The molecule has 0 N–H and O–H groups in total. The molecule has 0 unspecified atom stereocenters. The molecule has 0 fully saturated rings. The highest BCUT2D eigenvalue weighted by molar-refractivity contribution is 5.81. The molecule has 5 rings (SSSR count). The Morgan fingerprint density at radius 2 is 1.23 bits per heavy atom. The van der Waals surface area contributed by atoms with Crippen LogP contribution in [-0.2, 0) is 6.42 Å². The van der Waals surface area contributed by atoms with Crippen LogP contribution in [0.25, 0.3) is 22.3 Å². The minimum absolute atomic E-state index is 1.00. The van der Waals surface area contributed by atoms with Gasteiger partial charge in [-0.05, 0) is 28.8 Å². The Morgan fingerprint density at radius 3 is 1.92 bits per heavy atom. The number of rotatable bonds is 3. The fraction of sp³-hybridized carbons (Fsp3) is 0.0400. The largest absolute Gasteiger partial charge is 0.268 e. The van der Waals surface area contributed by atoms with E-state index in [0.29, 0.717) is 0 Å². The third kappa shape index (κ3) is 2.49. The van der Waals surface area contributed by atoms with Gasteiger partial charge in [-0.3, -0.25) is 4.57 Å². The summed E-state index contributed by atoms with van der Waals surface area (Å²) in [7, 11) is 0. The number of pyridine rings is 1. The predicted octanol–water partition coefficient (Wildman–Crippen LogP) is 5.29. The zero-order valence-electron chi connectivity index (χ0n) is 14.5. The molecule has 1 heterocycles. The highest BCUT2D eigenvalue weighted by atomic mass is 15.0. The number of hydrogen-bond acceptors (Lipinski definition) is 0. The van der Waals surface area contributed by atoms with E-state index in [9.17, 15) is 0 Å². The molecule has 1 aromatic heterocycles. The van der Waals surface area contributed by atoms with Gasteiger partial charge in [0, 0.05) is 6.42 Å². The van der Waals surface area contributed by atoms with Gasteiger partial charge in [-0.1, -0.05) is 95.6 Å². The highest BCUT2D eigenvalue weighted by Crippen LogP contribution is 2.42. The van der Waals surface area contributed by atoms with Crippen LogP contribution in [0.2, 0.25) is 0 Å². The van der Waals surface area contributed by atoms with E-state index in [2.05, 4.69) is 108 Å². The van der Waals surface area contributed by atoms with Gasteiger partial charge in [0.2, 0.25) is 0 Å². The number of nitrogens with zero attached hydrogens (tertiary/aromatic N) is 1. The lowest BCUT2D eigenvalue weighted by Crippen LogP contribution is -2.46. The van der Waals surface area contributed by atoms with Crippen LogP contribution >= 0.6 is 0 Å². The number of hydrogen-bond donors (Lipinski definition) is 0. The maximum atomic E-state index is 2.35. The maximum Gasteiger partial charge on any atom is 0.115 e. The SMILES string of the molecule is c1ccc(-c2cc3c(c(-c4ccccc4)c2)[C-]([n+]2ccccc2)C3)cc1. The lowest BCUT2D eigenvalue weighted by Gasteiger charge is -2.35. The Morgan fingerprint density at radius 1 is 0.615 bits per heavy atom. The summed E-state index contributed by atoms with van der Waals surface area (Å²) < 4.78 is 2.25. The first-order valence-electron chi connectivity index (χ1n) is 9.01. The van der Waals surface area contributed by atoms with E-state index >= 15 is 0 Å². The zero-order valence-corrected chi connectivity index (χ0v) is 14.5. The summed E-state index contributed by atoms with van der Waals surface area (Å²) in [5.41, 5.74) is 7.96. The third-order valence-electron chi connectivity index (χ3n) is 5.09. The van der Waals surface area contributed by atoms with Crippen molar-refractivity contribution < 1.29 is 4.57 Å². The fourth-order valence-electron chi connectivity index (χ4n) is 3.79. The molecule has 0 saturated heterocycles. The van der Waals surface area contributed by atoms with Crippen LogP contribution in [0.1, 0.15) is 11.1 Å². The van der Waals surface area contributed by atoms with Crippen molar-refractivity contribution in [2.45, 2.75) is 6.42 Å². The Kier molecular flexibility index (Phi) is 3.57. The van der Waals surface area contributed by atoms with Gasteiger partial charge in [-0.15, -0.1) is 0 Å². The highest BCUT2D eigenvalue weighted by Gasteiger charge is 2.30. The minimum Gasteiger partial charge on any atom is -0.268 e. The van der Waals surface area contributed by atoms with E-state index in [4.69, 9.17) is 0 Å². The maximum absolute atomic E-state index is 2.35. The molecule has 1 aliphatic carbocycles. The van der Waals surface area contributed by atoms with Crippen molar-refractivity contribution in [2.75, 3.05) is 0 Å². The lowest BCUT2D eigenvalue weighted by molar-refractivity contribution is -0.655. The second kappa shape index (κ2) is 6.20. The van der Waals surface area contributed by atoms with E-state index in [0.717, 1.165) is 6.42 Å². The monoisotopic (exact) mass is 333 g/mol. The van der Waals surface area contributed by atoms with Gasteiger partial charge in [0.25, 0.3) is 0 Å². The van der Waals surface area contributed by atoms with E-state index in [1.807, 2.05) is 0 Å². The van der Waals surface area contributed by atoms with Crippen molar-refractivity contribution in [3.63, 3.8) is 0 Å². The molecule has 1 aliphatic rings. The van der Waals surface area contributed by atoms with Gasteiger partial charge in [0.05, 0.1) is 0 Å². The zero-order chi connectivity index (χ0) is 17.3. The molecule has 0 amide bonds. The first-order chi connectivity index (χ1) is 12.9. The van der Waals surface area contributed by atoms with Crippen molar-refractivity contribution in [1.29, 1.82) is 0 Å². The van der Waals surface area contributed by atoms with E-state index in [1.165, 1.54) is 39.4 Å². The third-order valence-corrected chi connectivity index (χ3v) is 5.09. The van der Waals surface area contributed by atoms with E-state index < -0.39 is 0 Å². The van der Waals surface area contributed by atoms with Crippen molar-refractivity contribution in [3.8, 4) is 22.3 Å². The Balaban J connectivity index is 1.69. The second-order valence-electron chi connectivity index (χ2n) is 6.70. The van der Waals surface area contributed by atoms with E-state index in [1.54, 1.807) is 0 Å². The first kappa shape index (κ1) is 15.0. The molecule has 4 aromatic rings. The molecular formula is C25H19N. The van der Waals surface area contributed by atoms with Gasteiger partial charge >= 0.3 is 0 Å². The first-order valence-corrected chi connectivity index (χ1v) is 9.01. The van der Waals surface area contributed by atoms with Crippen LogP contribution in [-0.4, -0.2) is 0 Å².